The fourth-order valence-corrected chi connectivity index (χ4v) is 2.74. The van der Waals surface area contributed by atoms with E-state index in [4.69, 9.17) is 5.21 Å². The minimum atomic E-state index is 0.0188. The second-order valence-electron chi connectivity index (χ2n) is 6.10. The Morgan fingerprint density at radius 2 is 2.09 bits per heavy atom. The van der Waals surface area contributed by atoms with Gasteiger partial charge in [0.15, 0.2) is 0 Å². The van der Waals surface area contributed by atoms with Gasteiger partial charge < -0.3 is 5.21 Å². The summed E-state index contributed by atoms with van der Waals surface area (Å²) in [5.41, 5.74) is 1.55. The number of benzene rings is 1. The number of nitrogens with zero attached hydrogens (tertiary/aromatic N) is 3. The van der Waals surface area contributed by atoms with Gasteiger partial charge in [0.1, 0.15) is 5.82 Å². The van der Waals surface area contributed by atoms with Crippen LogP contribution in [-0.4, -0.2) is 21.0 Å². The Bertz CT molecular complexity index is 760. The molecule has 2 heterocycles. The van der Waals surface area contributed by atoms with Crippen LogP contribution in [0.2, 0.25) is 0 Å². The fraction of sp³-hybridized carbons (Fsp3) is 0.471. The maximum Gasteiger partial charge on any atom is 0.261 e. The molecule has 0 fully saturated rings. The molecular formula is C17H23N3O2. The lowest BCUT2D eigenvalue weighted by atomic mass is 9.85. The third kappa shape index (κ3) is 3.03. The molecule has 1 N–H and O–H groups in total. The van der Waals surface area contributed by atoms with Gasteiger partial charge in [0.05, 0.1) is 17.1 Å². The highest BCUT2D eigenvalue weighted by atomic mass is 16.4. The van der Waals surface area contributed by atoms with Crippen LogP contribution in [0, 0.1) is 5.41 Å². The Kier molecular flexibility index (Phi) is 4.64. The van der Waals surface area contributed by atoms with Gasteiger partial charge in [0.2, 0.25) is 0 Å². The Labute approximate surface area is 130 Å². The number of hydrogen-bond acceptors (Lipinski definition) is 4. The zero-order valence-corrected chi connectivity index (χ0v) is 13.6. The topological polar surface area (TPSA) is 67.5 Å². The minimum Gasteiger partial charge on any atom is -0.411 e. The highest BCUT2D eigenvalue weighted by Gasteiger charge is 2.27. The number of fused-ring (bicyclic) bond motifs is 2. The monoisotopic (exact) mass is 301 g/mol. The van der Waals surface area contributed by atoms with Crippen LogP contribution in [0.25, 0.3) is 10.9 Å². The number of rotatable bonds is 1. The van der Waals surface area contributed by atoms with Crippen LogP contribution in [0.4, 0.5) is 0 Å². The molecule has 0 saturated carbocycles. The van der Waals surface area contributed by atoms with E-state index < -0.39 is 0 Å². The number of aryl methyl sites for hydroxylation is 1. The van der Waals surface area contributed by atoms with Crippen LogP contribution >= 0.6 is 0 Å². The molecule has 0 amide bonds. The average Bonchev–Trinajstić information content (AvgIpc) is 2.50. The zero-order chi connectivity index (χ0) is 16.3. The maximum absolute atomic E-state index is 12.6. The normalized spacial score (nSPS) is 16.2. The van der Waals surface area contributed by atoms with Crippen molar-refractivity contribution < 1.29 is 5.21 Å². The van der Waals surface area contributed by atoms with Crippen LogP contribution < -0.4 is 5.56 Å². The first-order chi connectivity index (χ1) is 10.5. The zero-order valence-electron chi connectivity index (χ0n) is 13.6. The Morgan fingerprint density at radius 1 is 1.36 bits per heavy atom. The predicted molar refractivity (Wildman–Crippen MR) is 88.8 cm³/mol. The summed E-state index contributed by atoms with van der Waals surface area (Å²) in [5, 5.41) is 12.2. The van der Waals surface area contributed by atoms with E-state index >= 15 is 0 Å². The average molecular weight is 301 g/mol. The molecule has 3 rings (SSSR count). The van der Waals surface area contributed by atoms with Crippen LogP contribution in [-0.2, 0) is 13.0 Å². The van der Waals surface area contributed by atoms with Gasteiger partial charge in [-0.15, -0.1) is 0 Å². The van der Waals surface area contributed by atoms with Crippen molar-refractivity contribution in [1.82, 2.24) is 9.55 Å². The van der Waals surface area contributed by atoms with E-state index in [9.17, 15) is 4.79 Å². The van der Waals surface area contributed by atoms with Gasteiger partial charge in [0.25, 0.3) is 5.56 Å². The summed E-state index contributed by atoms with van der Waals surface area (Å²) < 4.78 is 1.80. The van der Waals surface area contributed by atoms with Gasteiger partial charge in [-0.3, -0.25) is 9.36 Å². The number of aromatic nitrogens is 2. The first-order valence-electron chi connectivity index (χ1n) is 7.71. The van der Waals surface area contributed by atoms with Gasteiger partial charge in [0, 0.05) is 13.0 Å². The number of hydrogen-bond donors (Lipinski definition) is 1. The van der Waals surface area contributed by atoms with Crippen molar-refractivity contribution >= 4 is 17.1 Å². The summed E-state index contributed by atoms with van der Waals surface area (Å²) in [6.45, 7) is 9.06. The molecule has 5 nitrogen and oxygen atoms in total. The molecule has 118 valence electrons. The summed E-state index contributed by atoms with van der Waals surface area (Å²) in [7, 11) is 0. The molecule has 2 aromatic rings. The first kappa shape index (κ1) is 16.2. The summed E-state index contributed by atoms with van der Waals surface area (Å²) in [5.74, 6) is 0.847. The predicted octanol–water partition coefficient (Wildman–Crippen LogP) is 3.20. The van der Waals surface area contributed by atoms with Gasteiger partial charge in [-0.1, -0.05) is 38.9 Å². The Morgan fingerprint density at radius 3 is 2.77 bits per heavy atom. The molecule has 0 bridgehead atoms. The molecule has 1 aliphatic heterocycles. The Balaban J connectivity index is 0.000000847. The molecule has 0 radical (unpaired) electrons. The fourth-order valence-electron chi connectivity index (χ4n) is 2.74. The highest BCUT2D eigenvalue weighted by Crippen LogP contribution is 2.29. The van der Waals surface area contributed by atoms with Gasteiger partial charge in [-0.25, -0.2) is 4.98 Å². The van der Waals surface area contributed by atoms with E-state index in [1.807, 2.05) is 13.8 Å². The van der Waals surface area contributed by atoms with Gasteiger partial charge in [-0.05, 0) is 29.5 Å². The molecule has 0 aliphatic carbocycles. The lowest BCUT2D eigenvalue weighted by molar-refractivity contribution is 0.240. The lowest BCUT2D eigenvalue weighted by Gasteiger charge is -2.31. The van der Waals surface area contributed by atoms with E-state index in [0.717, 1.165) is 24.2 Å². The number of oxime groups is 1. The molecule has 1 aliphatic rings. The first-order valence-corrected chi connectivity index (χ1v) is 7.71. The molecule has 1 aromatic carbocycles. The largest absolute Gasteiger partial charge is 0.411 e. The molecule has 0 unspecified atom stereocenters. The van der Waals surface area contributed by atoms with E-state index in [1.54, 1.807) is 22.8 Å². The summed E-state index contributed by atoms with van der Waals surface area (Å²) >= 11 is 0. The van der Waals surface area contributed by atoms with Crippen molar-refractivity contribution in [3.05, 3.63) is 39.9 Å². The molecule has 5 heteroatoms. The van der Waals surface area contributed by atoms with E-state index in [-0.39, 0.29) is 11.0 Å². The van der Waals surface area contributed by atoms with Crippen molar-refractivity contribution in [2.45, 2.75) is 47.1 Å². The quantitative estimate of drug-likeness (QED) is 0.499. The van der Waals surface area contributed by atoms with Crippen molar-refractivity contribution in [1.29, 1.82) is 0 Å². The van der Waals surface area contributed by atoms with E-state index in [0.29, 0.717) is 17.4 Å². The van der Waals surface area contributed by atoms with Crippen LogP contribution in [0.15, 0.2) is 28.1 Å². The van der Waals surface area contributed by atoms with E-state index in [1.165, 1.54) is 6.21 Å². The van der Waals surface area contributed by atoms with Gasteiger partial charge in [-0.2, -0.15) is 0 Å². The molecule has 22 heavy (non-hydrogen) atoms. The van der Waals surface area contributed by atoms with Gasteiger partial charge >= 0.3 is 0 Å². The molecular weight excluding hydrogens is 278 g/mol. The van der Waals surface area contributed by atoms with Crippen LogP contribution in [0.3, 0.4) is 0 Å². The third-order valence-corrected chi connectivity index (χ3v) is 3.88. The molecule has 1 aromatic heterocycles. The van der Waals surface area contributed by atoms with Crippen LogP contribution in [0.5, 0.6) is 0 Å². The summed E-state index contributed by atoms with van der Waals surface area (Å²) in [6.07, 6.45) is 3.18. The summed E-state index contributed by atoms with van der Waals surface area (Å²) in [4.78, 5) is 17.2. The second-order valence-corrected chi connectivity index (χ2v) is 6.10. The Hall–Kier alpha value is -2.17. The van der Waals surface area contributed by atoms with E-state index in [2.05, 4.69) is 24.0 Å². The minimum absolute atomic E-state index is 0.0188. The van der Waals surface area contributed by atoms with Crippen LogP contribution in [0.1, 0.15) is 45.5 Å². The van der Waals surface area contributed by atoms with Crippen molar-refractivity contribution in [2.24, 2.45) is 10.6 Å². The highest BCUT2D eigenvalue weighted by molar-refractivity contribution is 5.87. The SMILES string of the molecule is CC.CC1(C)CCc2nc3cc(C=NO)ccc3c(=O)n2C1. The molecule has 0 saturated heterocycles. The maximum atomic E-state index is 12.6. The van der Waals surface area contributed by atoms with Crippen molar-refractivity contribution in [2.75, 3.05) is 0 Å². The summed E-state index contributed by atoms with van der Waals surface area (Å²) in [6, 6.07) is 5.28. The third-order valence-electron chi connectivity index (χ3n) is 3.88. The second kappa shape index (κ2) is 6.30. The van der Waals surface area contributed by atoms with Crippen molar-refractivity contribution in [3.63, 3.8) is 0 Å². The van der Waals surface area contributed by atoms with Crippen molar-refractivity contribution in [3.8, 4) is 0 Å². The standard InChI is InChI=1S/C15H17N3O2.C2H6/c1-15(2)6-5-13-17-12-7-10(8-16-20)3-4-11(12)14(19)18(13)9-15;1-2/h3-4,7-8,20H,5-6,9H2,1-2H3;1-2H3. The smallest absolute Gasteiger partial charge is 0.261 e. The molecule has 0 atom stereocenters. The molecule has 0 spiro atoms. The lowest BCUT2D eigenvalue weighted by Crippen LogP contribution is -2.36.